The van der Waals surface area contributed by atoms with Crippen molar-refractivity contribution >= 4 is 5.91 Å². The lowest BCUT2D eigenvalue weighted by atomic mass is 10.5. The monoisotopic (exact) mass is 143 g/mol. The molecule has 0 aromatic carbocycles. The van der Waals surface area contributed by atoms with Crippen molar-refractivity contribution in [2.24, 2.45) is 0 Å². The van der Waals surface area contributed by atoms with E-state index in [1.54, 1.807) is 20.2 Å². The minimum atomic E-state index is 0.0347. The quantitative estimate of drug-likeness (QED) is 0.511. The van der Waals surface area contributed by atoms with Crippen molar-refractivity contribution < 1.29 is 4.79 Å². The van der Waals surface area contributed by atoms with E-state index in [0.29, 0.717) is 0 Å². The first-order valence-corrected chi connectivity index (χ1v) is 3.52. The number of likely N-dealkylation sites (N-methyl/N-ethyl adjacent to an activating group) is 1. The molecule has 0 saturated heterocycles. The number of carbonyl (C=O) groups is 1. The zero-order valence-electron chi connectivity index (χ0n) is 7.51. The van der Waals surface area contributed by atoms with Crippen LogP contribution in [-0.4, -0.2) is 24.9 Å². The predicted octanol–water partition coefficient (Wildman–Crippen LogP) is 1.68. The second kappa shape index (κ2) is 8.21. The molecule has 0 saturated carbocycles. The van der Waals surface area contributed by atoms with Gasteiger partial charge in [-0.2, -0.15) is 0 Å². The molecule has 0 rings (SSSR count). The van der Waals surface area contributed by atoms with E-state index in [2.05, 4.69) is 0 Å². The number of amides is 1. The number of carbonyl (C=O) groups excluding carboxylic acids is 1. The summed E-state index contributed by atoms with van der Waals surface area (Å²) in [5.74, 6) is 0.0347. The van der Waals surface area contributed by atoms with E-state index in [0.717, 1.165) is 0 Å². The van der Waals surface area contributed by atoms with Crippen molar-refractivity contribution in [3.63, 3.8) is 0 Å². The summed E-state index contributed by atoms with van der Waals surface area (Å²) in [5, 5.41) is 0. The fourth-order valence-electron chi connectivity index (χ4n) is 0.292. The number of nitrogens with zero attached hydrogens (tertiary/aromatic N) is 1. The first-order chi connectivity index (χ1) is 4.68. The molecule has 2 nitrogen and oxygen atoms in total. The highest BCUT2D eigenvalue weighted by Crippen LogP contribution is 1.78. The Hall–Kier alpha value is -0.790. The number of allylic oxidation sites excluding steroid dienone is 1. The highest BCUT2D eigenvalue weighted by molar-refractivity contribution is 5.86. The molecule has 10 heavy (non-hydrogen) atoms. The first kappa shape index (κ1) is 11.9. The minimum Gasteiger partial charge on any atom is -0.345 e. The fraction of sp³-hybridized carbons (Fsp3) is 0.625. The average molecular weight is 143 g/mol. The summed E-state index contributed by atoms with van der Waals surface area (Å²) < 4.78 is 0. The highest BCUT2D eigenvalue weighted by Gasteiger charge is 1.92. The maximum absolute atomic E-state index is 10.6. The summed E-state index contributed by atoms with van der Waals surface area (Å²) in [7, 11) is 3.45. The molecule has 0 bridgehead atoms. The molecule has 0 heterocycles. The van der Waals surface area contributed by atoms with Gasteiger partial charge in [0.05, 0.1) is 0 Å². The molecular weight excluding hydrogens is 126 g/mol. The summed E-state index contributed by atoms with van der Waals surface area (Å²) in [5.41, 5.74) is 0. The van der Waals surface area contributed by atoms with Gasteiger partial charge < -0.3 is 4.90 Å². The normalized spacial score (nSPS) is 8.50. The first-order valence-electron chi connectivity index (χ1n) is 3.52. The number of hydrogen-bond donors (Lipinski definition) is 0. The van der Waals surface area contributed by atoms with Crippen LogP contribution in [0, 0.1) is 0 Å². The van der Waals surface area contributed by atoms with Crippen LogP contribution in [0.25, 0.3) is 0 Å². The van der Waals surface area contributed by atoms with Crippen LogP contribution in [0.15, 0.2) is 12.2 Å². The molecule has 0 aliphatic rings. The third kappa shape index (κ3) is 7.21. The third-order valence-electron chi connectivity index (χ3n) is 0.750. The lowest BCUT2D eigenvalue weighted by Crippen LogP contribution is -2.18. The Kier molecular flexibility index (Phi) is 9.80. The standard InChI is InChI=1S/C6H11NO.C2H6/c1-4-5-6(8)7(2)3;1-2/h4-5H,1-3H3;1-2H3/b5-4-;. The van der Waals surface area contributed by atoms with Gasteiger partial charge in [0.15, 0.2) is 0 Å². The van der Waals surface area contributed by atoms with Gasteiger partial charge in [-0.1, -0.05) is 19.9 Å². The summed E-state index contributed by atoms with van der Waals surface area (Å²) in [6.45, 7) is 5.82. The zero-order chi connectivity index (χ0) is 8.57. The predicted molar refractivity (Wildman–Crippen MR) is 44.9 cm³/mol. The van der Waals surface area contributed by atoms with E-state index >= 15 is 0 Å². The summed E-state index contributed by atoms with van der Waals surface area (Å²) in [6.07, 6.45) is 3.25. The lowest BCUT2D eigenvalue weighted by molar-refractivity contribution is -0.123. The molecule has 0 spiro atoms. The molecule has 0 aliphatic heterocycles. The van der Waals surface area contributed by atoms with Gasteiger partial charge in [0, 0.05) is 14.1 Å². The Morgan fingerprint density at radius 1 is 1.30 bits per heavy atom. The number of rotatable bonds is 1. The van der Waals surface area contributed by atoms with E-state index < -0.39 is 0 Å². The van der Waals surface area contributed by atoms with Crippen molar-refractivity contribution in [1.29, 1.82) is 0 Å². The van der Waals surface area contributed by atoms with E-state index in [-0.39, 0.29) is 5.91 Å². The Morgan fingerprint density at radius 3 is 1.80 bits per heavy atom. The molecule has 2 heteroatoms. The van der Waals surface area contributed by atoms with Gasteiger partial charge in [-0.05, 0) is 13.0 Å². The second-order valence-corrected chi connectivity index (χ2v) is 1.73. The van der Waals surface area contributed by atoms with Crippen molar-refractivity contribution in [3.05, 3.63) is 12.2 Å². The maximum atomic E-state index is 10.6. The Labute approximate surface area is 63.5 Å². The summed E-state index contributed by atoms with van der Waals surface area (Å²) in [6, 6.07) is 0. The van der Waals surface area contributed by atoms with Crippen molar-refractivity contribution in [3.8, 4) is 0 Å². The van der Waals surface area contributed by atoms with Crippen LogP contribution in [0.5, 0.6) is 0 Å². The van der Waals surface area contributed by atoms with Crippen LogP contribution in [0.2, 0.25) is 0 Å². The Morgan fingerprint density at radius 2 is 1.70 bits per heavy atom. The molecule has 0 unspecified atom stereocenters. The van der Waals surface area contributed by atoms with Crippen LogP contribution in [0.4, 0.5) is 0 Å². The smallest absolute Gasteiger partial charge is 0.245 e. The molecule has 0 aromatic heterocycles. The Balaban J connectivity index is 0. The van der Waals surface area contributed by atoms with Gasteiger partial charge in [0.1, 0.15) is 0 Å². The minimum absolute atomic E-state index is 0.0347. The van der Waals surface area contributed by atoms with Gasteiger partial charge in [0.2, 0.25) is 5.91 Å². The second-order valence-electron chi connectivity index (χ2n) is 1.73. The SMILES string of the molecule is C/C=C\C(=O)N(C)C.CC. The molecule has 0 aliphatic carbocycles. The van der Waals surface area contributed by atoms with Gasteiger partial charge in [-0.15, -0.1) is 0 Å². The topological polar surface area (TPSA) is 20.3 Å². The van der Waals surface area contributed by atoms with Crippen LogP contribution in [0.1, 0.15) is 20.8 Å². The number of hydrogen-bond acceptors (Lipinski definition) is 1. The molecule has 0 atom stereocenters. The van der Waals surface area contributed by atoms with E-state index in [1.807, 2.05) is 20.8 Å². The summed E-state index contributed by atoms with van der Waals surface area (Å²) >= 11 is 0. The molecule has 0 radical (unpaired) electrons. The van der Waals surface area contributed by atoms with Crippen LogP contribution in [-0.2, 0) is 4.79 Å². The van der Waals surface area contributed by atoms with E-state index in [4.69, 9.17) is 0 Å². The van der Waals surface area contributed by atoms with Gasteiger partial charge in [-0.25, -0.2) is 0 Å². The third-order valence-corrected chi connectivity index (χ3v) is 0.750. The maximum Gasteiger partial charge on any atom is 0.245 e. The average Bonchev–Trinajstić information content (AvgIpc) is 1.93. The van der Waals surface area contributed by atoms with Gasteiger partial charge in [0.25, 0.3) is 0 Å². The van der Waals surface area contributed by atoms with Crippen molar-refractivity contribution in [2.75, 3.05) is 14.1 Å². The van der Waals surface area contributed by atoms with Gasteiger partial charge in [-0.3, -0.25) is 4.79 Å². The molecule has 60 valence electrons. The van der Waals surface area contributed by atoms with E-state index in [1.165, 1.54) is 11.0 Å². The highest BCUT2D eigenvalue weighted by atomic mass is 16.2. The van der Waals surface area contributed by atoms with E-state index in [9.17, 15) is 4.79 Å². The van der Waals surface area contributed by atoms with Crippen LogP contribution >= 0.6 is 0 Å². The molecule has 1 amide bonds. The van der Waals surface area contributed by atoms with Gasteiger partial charge >= 0.3 is 0 Å². The van der Waals surface area contributed by atoms with Crippen LogP contribution in [0.3, 0.4) is 0 Å². The Bertz CT molecular complexity index is 106. The van der Waals surface area contributed by atoms with Crippen molar-refractivity contribution in [1.82, 2.24) is 4.90 Å². The fourth-order valence-corrected chi connectivity index (χ4v) is 0.292. The largest absolute Gasteiger partial charge is 0.345 e. The molecule has 0 N–H and O–H groups in total. The molecular formula is C8H17NO. The summed E-state index contributed by atoms with van der Waals surface area (Å²) in [4.78, 5) is 12.1. The molecule has 0 aromatic rings. The molecule has 0 fully saturated rings. The zero-order valence-corrected chi connectivity index (χ0v) is 7.51. The lowest BCUT2D eigenvalue weighted by Gasteiger charge is -2.03. The van der Waals surface area contributed by atoms with Crippen LogP contribution < -0.4 is 0 Å². The van der Waals surface area contributed by atoms with Crippen molar-refractivity contribution in [2.45, 2.75) is 20.8 Å².